The molecule has 4 atom stereocenters. The standard InChI is InChI=1S/C16H30N6O8/c17-4-2-1-3-9(16(29)30)20-15(28)11(7-24)22-14(27)10(5-12(19)25)21-13(26)8(18)6-23/h8-11,23-24H,1-7,17-18H2,(H2,19,25)(H,20,28)(H,21,26)(H,22,27)(H,29,30)/t8-,9-,10-,11-/m0/s1. The molecule has 0 aromatic heterocycles. The summed E-state index contributed by atoms with van der Waals surface area (Å²) in [5, 5.41) is 33.9. The van der Waals surface area contributed by atoms with Gasteiger partial charge < -0.3 is 48.5 Å². The minimum absolute atomic E-state index is 0.0871. The lowest BCUT2D eigenvalue weighted by Gasteiger charge is -2.23. The Kier molecular flexibility index (Phi) is 12.9. The zero-order chi connectivity index (χ0) is 23.3. The Bertz CT molecular complexity index is 617. The summed E-state index contributed by atoms with van der Waals surface area (Å²) in [6.45, 7) is -1.26. The van der Waals surface area contributed by atoms with Crippen LogP contribution in [-0.4, -0.2) is 88.8 Å². The maximum absolute atomic E-state index is 12.4. The van der Waals surface area contributed by atoms with Gasteiger partial charge in [-0.25, -0.2) is 4.79 Å². The third-order valence-electron chi connectivity index (χ3n) is 3.95. The van der Waals surface area contributed by atoms with Gasteiger partial charge in [-0.15, -0.1) is 0 Å². The number of carboxylic acids is 1. The molecule has 12 N–H and O–H groups in total. The van der Waals surface area contributed by atoms with Gasteiger partial charge in [-0.1, -0.05) is 0 Å². The monoisotopic (exact) mass is 434 g/mol. The van der Waals surface area contributed by atoms with Crippen LogP contribution in [-0.2, 0) is 24.0 Å². The molecule has 0 aliphatic heterocycles. The Hall–Kier alpha value is -2.81. The number of carbonyl (C=O) groups is 5. The summed E-state index contributed by atoms with van der Waals surface area (Å²) < 4.78 is 0. The number of aliphatic carboxylic acids is 1. The molecule has 0 radical (unpaired) electrons. The summed E-state index contributed by atoms with van der Waals surface area (Å²) in [5.74, 6) is -5.24. The SMILES string of the molecule is NCCCC[C@H](NC(=O)[C@H](CO)NC(=O)[C@H](CC(N)=O)NC(=O)[C@@H](N)CO)C(=O)O. The van der Waals surface area contributed by atoms with Crippen molar-refractivity contribution in [3.63, 3.8) is 0 Å². The molecule has 172 valence electrons. The maximum atomic E-state index is 12.4. The first-order chi connectivity index (χ1) is 14.1. The van der Waals surface area contributed by atoms with Gasteiger partial charge in [0, 0.05) is 0 Å². The van der Waals surface area contributed by atoms with Gasteiger partial charge in [0.25, 0.3) is 0 Å². The molecule has 0 unspecified atom stereocenters. The topological polar surface area (TPSA) is 260 Å². The second-order valence-corrected chi connectivity index (χ2v) is 6.45. The highest BCUT2D eigenvalue weighted by molar-refractivity contribution is 5.96. The predicted octanol–water partition coefficient (Wildman–Crippen LogP) is -5.16. The summed E-state index contributed by atoms with van der Waals surface area (Å²) in [4.78, 5) is 58.9. The van der Waals surface area contributed by atoms with Crippen molar-refractivity contribution in [1.29, 1.82) is 0 Å². The minimum Gasteiger partial charge on any atom is -0.480 e. The fraction of sp³-hybridized carbons (Fsp3) is 0.688. The van der Waals surface area contributed by atoms with Crippen LogP contribution in [0.15, 0.2) is 0 Å². The number of hydrogen-bond acceptors (Lipinski definition) is 9. The van der Waals surface area contributed by atoms with Crippen LogP contribution in [0.3, 0.4) is 0 Å². The number of hydrogen-bond donors (Lipinski definition) is 9. The van der Waals surface area contributed by atoms with Gasteiger partial charge in [0.05, 0.1) is 19.6 Å². The van der Waals surface area contributed by atoms with Gasteiger partial charge in [0.15, 0.2) is 0 Å². The van der Waals surface area contributed by atoms with Crippen molar-refractivity contribution in [2.45, 2.75) is 49.9 Å². The van der Waals surface area contributed by atoms with Crippen molar-refractivity contribution in [2.75, 3.05) is 19.8 Å². The average Bonchev–Trinajstić information content (AvgIpc) is 2.69. The molecule has 0 aliphatic carbocycles. The molecule has 4 amide bonds. The van der Waals surface area contributed by atoms with Crippen LogP contribution in [0, 0.1) is 0 Å². The van der Waals surface area contributed by atoms with E-state index in [2.05, 4.69) is 16.0 Å². The molecule has 0 fully saturated rings. The number of amides is 4. The number of unbranched alkanes of at least 4 members (excludes halogenated alkanes) is 1. The molecule has 14 nitrogen and oxygen atoms in total. The Labute approximate surface area is 172 Å². The van der Waals surface area contributed by atoms with Crippen LogP contribution in [0.25, 0.3) is 0 Å². The van der Waals surface area contributed by atoms with Crippen molar-refractivity contribution < 1.29 is 39.3 Å². The van der Waals surface area contributed by atoms with E-state index >= 15 is 0 Å². The zero-order valence-electron chi connectivity index (χ0n) is 16.4. The maximum Gasteiger partial charge on any atom is 0.326 e. The Morgan fingerprint density at radius 1 is 0.800 bits per heavy atom. The number of aliphatic hydroxyl groups is 2. The van der Waals surface area contributed by atoms with E-state index in [4.69, 9.17) is 22.3 Å². The first-order valence-corrected chi connectivity index (χ1v) is 9.16. The molecule has 0 aliphatic rings. The summed E-state index contributed by atoms with van der Waals surface area (Å²) >= 11 is 0. The van der Waals surface area contributed by atoms with E-state index in [1.807, 2.05) is 0 Å². The molecule has 30 heavy (non-hydrogen) atoms. The van der Waals surface area contributed by atoms with E-state index in [9.17, 15) is 34.2 Å². The van der Waals surface area contributed by atoms with E-state index in [0.29, 0.717) is 19.4 Å². The van der Waals surface area contributed by atoms with Crippen molar-refractivity contribution in [1.82, 2.24) is 16.0 Å². The Morgan fingerprint density at radius 2 is 1.33 bits per heavy atom. The van der Waals surface area contributed by atoms with Crippen LogP contribution in [0.5, 0.6) is 0 Å². The van der Waals surface area contributed by atoms with Crippen LogP contribution in [0.1, 0.15) is 25.7 Å². The number of nitrogens with one attached hydrogen (secondary N) is 3. The third-order valence-corrected chi connectivity index (χ3v) is 3.95. The Morgan fingerprint density at radius 3 is 1.80 bits per heavy atom. The molecule has 0 saturated heterocycles. The van der Waals surface area contributed by atoms with Gasteiger partial charge >= 0.3 is 5.97 Å². The molecular formula is C16H30N6O8. The van der Waals surface area contributed by atoms with Crippen LogP contribution < -0.4 is 33.2 Å². The summed E-state index contributed by atoms with van der Waals surface area (Å²) in [5.41, 5.74) is 15.7. The lowest BCUT2D eigenvalue weighted by Crippen LogP contribution is -2.58. The average molecular weight is 434 g/mol. The largest absolute Gasteiger partial charge is 0.480 e. The normalized spacial score (nSPS) is 14.7. The predicted molar refractivity (Wildman–Crippen MR) is 102 cm³/mol. The van der Waals surface area contributed by atoms with Crippen molar-refractivity contribution >= 4 is 29.6 Å². The smallest absolute Gasteiger partial charge is 0.326 e. The van der Waals surface area contributed by atoms with Crippen molar-refractivity contribution in [2.24, 2.45) is 17.2 Å². The van der Waals surface area contributed by atoms with Crippen LogP contribution in [0.2, 0.25) is 0 Å². The van der Waals surface area contributed by atoms with E-state index in [0.717, 1.165) is 0 Å². The number of primary amides is 1. The van der Waals surface area contributed by atoms with Crippen molar-refractivity contribution in [3.8, 4) is 0 Å². The second-order valence-electron chi connectivity index (χ2n) is 6.45. The first kappa shape index (κ1) is 27.2. The minimum atomic E-state index is -1.56. The molecule has 0 aromatic carbocycles. The molecule has 0 bridgehead atoms. The number of carboxylic acid groups (broad SMARTS) is 1. The second kappa shape index (κ2) is 14.2. The summed E-state index contributed by atoms with van der Waals surface area (Å²) in [6.07, 6.45) is 0.419. The Balaban J connectivity index is 5.14. The highest BCUT2D eigenvalue weighted by atomic mass is 16.4. The molecule has 0 rings (SSSR count). The summed E-state index contributed by atoms with van der Waals surface area (Å²) in [6, 6.07) is -5.73. The number of rotatable bonds is 15. The van der Waals surface area contributed by atoms with E-state index in [-0.39, 0.29) is 6.42 Å². The van der Waals surface area contributed by atoms with Gasteiger partial charge in [0.1, 0.15) is 24.2 Å². The lowest BCUT2D eigenvalue weighted by atomic mass is 10.1. The number of aliphatic hydroxyl groups excluding tert-OH is 2. The zero-order valence-corrected chi connectivity index (χ0v) is 16.4. The number of carbonyl (C=O) groups excluding carboxylic acids is 4. The van der Waals surface area contributed by atoms with Crippen molar-refractivity contribution in [3.05, 3.63) is 0 Å². The quantitative estimate of drug-likeness (QED) is 0.111. The van der Waals surface area contributed by atoms with Gasteiger partial charge in [0.2, 0.25) is 23.6 Å². The van der Waals surface area contributed by atoms with Gasteiger partial charge in [-0.3, -0.25) is 19.2 Å². The molecule has 14 heteroatoms. The molecule has 0 heterocycles. The first-order valence-electron chi connectivity index (χ1n) is 9.16. The summed E-state index contributed by atoms with van der Waals surface area (Å²) in [7, 11) is 0. The lowest BCUT2D eigenvalue weighted by molar-refractivity contribution is -0.143. The highest BCUT2D eigenvalue weighted by Crippen LogP contribution is 2.02. The van der Waals surface area contributed by atoms with Crippen LogP contribution >= 0.6 is 0 Å². The number of nitrogens with two attached hydrogens (primary N) is 3. The van der Waals surface area contributed by atoms with E-state index in [1.54, 1.807) is 0 Å². The van der Waals surface area contributed by atoms with Crippen LogP contribution in [0.4, 0.5) is 0 Å². The molecule has 0 spiro atoms. The highest BCUT2D eigenvalue weighted by Gasteiger charge is 2.30. The van der Waals surface area contributed by atoms with E-state index in [1.165, 1.54) is 0 Å². The fourth-order valence-electron chi connectivity index (χ4n) is 2.26. The fourth-order valence-corrected chi connectivity index (χ4v) is 2.26. The molecular weight excluding hydrogens is 404 g/mol. The van der Waals surface area contributed by atoms with Gasteiger partial charge in [-0.2, -0.15) is 0 Å². The van der Waals surface area contributed by atoms with Gasteiger partial charge in [-0.05, 0) is 25.8 Å². The van der Waals surface area contributed by atoms with E-state index < -0.39 is 73.4 Å². The molecule has 0 saturated carbocycles. The third kappa shape index (κ3) is 10.1. The molecule has 0 aromatic rings.